The van der Waals surface area contributed by atoms with Crippen molar-refractivity contribution in [1.82, 2.24) is 10.2 Å². The summed E-state index contributed by atoms with van der Waals surface area (Å²) in [7, 11) is 0. The second-order valence-corrected chi connectivity index (χ2v) is 10.4. The van der Waals surface area contributed by atoms with Crippen molar-refractivity contribution < 1.29 is 24.2 Å². The maximum Gasteiger partial charge on any atom is 0.407 e. The molecule has 2 heterocycles. The molecule has 35 heavy (non-hydrogen) atoms. The van der Waals surface area contributed by atoms with Gasteiger partial charge in [0.05, 0.1) is 5.92 Å². The number of carboxylic acids is 1. The molecule has 4 unspecified atom stereocenters. The van der Waals surface area contributed by atoms with Gasteiger partial charge in [0.25, 0.3) is 0 Å². The second kappa shape index (κ2) is 8.70. The number of carbonyl (C=O) groups excluding carboxylic acids is 2. The first-order valence-corrected chi connectivity index (χ1v) is 12.6. The summed E-state index contributed by atoms with van der Waals surface area (Å²) in [4.78, 5) is 39.1. The number of hydrogen-bond acceptors (Lipinski definition) is 4. The van der Waals surface area contributed by atoms with Gasteiger partial charge in [0.2, 0.25) is 5.91 Å². The van der Waals surface area contributed by atoms with Gasteiger partial charge in [-0.1, -0.05) is 55.0 Å². The quantitative estimate of drug-likeness (QED) is 0.632. The van der Waals surface area contributed by atoms with Crippen LogP contribution in [0.4, 0.5) is 4.79 Å². The van der Waals surface area contributed by atoms with E-state index < -0.39 is 18.0 Å². The Bertz CT molecular complexity index is 1130. The van der Waals surface area contributed by atoms with Gasteiger partial charge in [0.15, 0.2) is 0 Å². The molecule has 5 aliphatic rings. The summed E-state index contributed by atoms with van der Waals surface area (Å²) >= 11 is 0. The highest BCUT2D eigenvalue weighted by Gasteiger charge is 2.57. The number of hydrogen-bond donors (Lipinski definition) is 2. The van der Waals surface area contributed by atoms with Crippen LogP contribution < -0.4 is 5.32 Å². The number of aliphatic carboxylic acids is 1. The lowest BCUT2D eigenvalue weighted by atomic mass is 9.74. The third kappa shape index (κ3) is 3.77. The Morgan fingerprint density at radius 3 is 2.26 bits per heavy atom. The summed E-state index contributed by atoms with van der Waals surface area (Å²) in [5.41, 5.74) is 4.68. The topological polar surface area (TPSA) is 95.9 Å². The maximum absolute atomic E-state index is 13.1. The highest BCUT2D eigenvalue weighted by molar-refractivity contribution is 5.82. The fourth-order valence-corrected chi connectivity index (χ4v) is 6.55. The van der Waals surface area contributed by atoms with Crippen molar-refractivity contribution in [3.8, 4) is 11.1 Å². The molecular weight excluding hydrogens is 444 g/mol. The van der Waals surface area contributed by atoms with Gasteiger partial charge in [0.1, 0.15) is 6.61 Å². The normalized spacial score (nSPS) is 25.1. The van der Waals surface area contributed by atoms with Gasteiger partial charge in [-0.05, 0) is 53.4 Å². The van der Waals surface area contributed by atoms with Crippen LogP contribution >= 0.6 is 0 Å². The highest BCUT2D eigenvalue weighted by Crippen LogP contribution is 2.47. The van der Waals surface area contributed by atoms with E-state index in [9.17, 15) is 19.5 Å². The average molecular weight is 475 g/mol. The third-order valence-electron chi connectivity index (χ3n) is 8.66. The third-order valence-corrected chi connectivity index (χ3v) is 8.66. The molecular formula is C28H30N2O5. The highest BCUT2D eigenvalue weighted by atomic mass is 16.5. The first kappa shape index (κ1) is 22.1. The molecule has 2 saturated heterocycles. The molecule has 7 heteroatoms. The minimum atomic E-state index is -0.811. The largest absolute Gasteiger partial charge is 0.481 e. The first-order valence-electron chi connectivity index (χ1n) is 12.6. The van der Waals surface area contributed by atoms with Gasteiger partial charge < -0.3 is 20.1 Å². The van der Waals surface area contributed by atoms with Gasteiger partial charge in [-0.3, -0.25) is 9.59 Å². The molecule has 2 aromatic carbocycles. The monoisotopic (exact) mass is 474 g/mol. The van der Waals surface area contributed by atoms with E-state index in [1.807, 2.05) is 24.3 Å². The fourth-order valence-electron chi connectivity index (χ4n) is 6.55. The molecule has 4 atom stereocenters. The Morgan fingerprint density at radius 2 is 1.69 bits per heavy atom. The van der Waals surface area contributed by atoms with E-state index in [0.717, 1.165) is 36.8 Å². The minimum absolute atomic E-state index is 0.0127. The van der Waals surface area contributed by atoms with E-state index >= 15 is 0 Å². The van der Waals surface area contributed by atoms with Crippen molar-refractivity contribution >= 4 is 18.0 Å². The average Bonchev–Trinajstić information content (AvgIpc) is 3.47. The van der Waals surface area contributed by atoms with Crippen molar-refractivity contribution in [2.45, 2.75) is 50.1 Å². The summed E-state index contributed by atoms with van der Waals surface area (Å²) in [6.07, 6.45) is 3.53. The first-order chi connectivity index (χ1) is 17.0. The zero-order valence-electron chi connectivity index (χ0n) is 19.6. The van der Waals surface area contributed by atoms with Crippen LogP contribution in [0.3, 0.4) is 0 Å². The molecule has 2 aliphatic heterocycles. The Morgan fingerprint density at radius 1 is 1.03 bits per heavy atom. The molecule has 2 N–H and O–H groups in total. The molecule has 0 radical (unpaired) electrons. The lowest BCUT2D eigenvalue weighted by molar-refractivity contribution is -0.148. The maximum atomic E-state index is 13.1. The van der Waals surface area contributed by atoms with Gasteiger partial charge in [-0.15, -0.1) is 0 Å². The molecule has 3 aliphatic carbocycles. The Hall–Kier alpha value is -3.35. The molecule has 2 aromatic rings. The lowest BCUT2D eigenvalue weighted by Crippen LogP contribution is -2.49. The summed E-state index contributed by atoms with van der Waals surface area (Å²) in [6, 6.07) is 16.0. The number of benzene rings is 2. The fraction of sp³-hybridized carbons (Fsp3) is 0.464. The molecule has 2 saturated carbocycles. The Labute approximate surface area is 204 Å². The number of rotatable bonds is 7. The predicted octanol–water partition coefficient (Wildman–Crippen LogP) is 4.02. The van der Waals surface area contributed by atoms with Crippen LogP contribution in [0.25, 0.3) is 11.1 Å². The number of fused-ring (bicyclic) bond motifs is 4. The van der Waals surface area contributed by atoms with Gasteiger partial charge in [0, 0.05) is 31.0 Å². The molecule has 7 rings (SSSR count). The predicted molar refractivity (Wildman–Crippen MR) is 129 cm³/mol. The number of ether oxygens (including phenoxy) is 1. The van der Waals surface area contributed by atoms with Crippen molar-refractivity contribution in [3.63, 3.8) is 0 Å². The van der Waals surface area contributed by atoms with E-state index in [1.54, 1.807) is 4.90 Å². The SMILES string of the molecule is O=C(NC(CC(=O)N1CC2CC1C2C(=O)O)C1CCC1)OCC1c2ccccc2-c2ccccc21. The van der Waals surface area contributed by atoms with Gasteiger partial charge in [-0.2, -0.15) is 0 Å². The van der Waals surface area contributed by atoms with Crippen molar-refractivity contribution in [2.75, 3.05) is 13.2 Å². The summed E-state index contributed by atoms with van der Waals surface area (Å²) in [6.45, 7) is 0.754. The Kier molecular flexibility index (Phi) is 5.50. The summed E-state index contributed by atoms with van der Waals surface area (Å²) in [5.74, 6) is -0.991. The molecule has 0 spiro atoms. The van der Waals surface area contributed by atoms with Crippen molar-refractivity contribution in [1.29, 1.82) is 0 Å². The van der Waals surface area contributed by atoms with Crippen LogP contribution in [-0.2, 0) is 14.3 Å². The second-order valence-electron chi connectivity index (χ2n) is 10.4. The van der Waals surface area contributed by atoms with Crippen LogP contribution in [0.2, 0.25) is 0 Å². The van der Waals surface area contributed by atoms with Crippen molar-refractivity contribution in [3.05, 3.63) is 59.7 Å². The van der Waals surface area contributed by atoms with E-state index in [2.05, 4.69) is 29.6 Å². The van der Waals surface area contributed by atoms with E-state index in [4.69, 9.17) is 4.74 Å². The smallest absolute Gasteiger partial charge is 0.407 e. The number of amides is 2. The van der Waals surface area contributed by atoms with Crippen LogP contribution in [0.5, 0.6) is 0 Å². The number of nitrogens with zero attached hydrogens (tertiary/aromatic N) is 1. The number of carbonyl (C=O) groups is 3. The molecule has 4 fully saturated rings. The minimum Gasteiger partial charge on any atom is -0.481 e. The number of alkyl carbamates (subject to hydrolysis) is 1. The van der Waals surface area contributed by atoms with Crippen LogP contribution in [-0.4, -0.2) is 53.2 Å². The van der Waals surface area contributed by atoms with Crippen LogP contribution in [0.1, 0.15) is 49.1 Å². The Balaban J connectivity index is 1.09. The van der Waals surface area contributed by atoms with Crippen LogP contribution in [0.15, 0.2) is 48.5 Å². The zero-order chi connectivity index (χ0) is 24.1. The van der Waals surface area contributed by atoms with E-state index in [0.29, 0.717) is 6.54 Å². The molecule has 2 amide bonds. The van der Waals surface area contributed by atoms with E-state index in [1.165, 1.54) is 11.1 Å². The molecule has 2 bridgehead atoms. The van der Waals surface area contributed by atoms with Gasteiger partial charge >= 0.3 is 12.1 Å². The summed E-state index contributed by atoms with van der Waals surface area (Å²) in [5, 5.41) is 12.4. The van der Waals surface area contributed by atoms with Crippen molar-refractivity contribution in [2.24, 2.45) is 17.8 Å². The molecule has 7 nitrogen and oxygen atoms in total. The zero-order valence-corrected chi connectivity index (χ0v) is 19.6. The standard InChI is InChI=1S/C28H30N2O5/c31-25(30-14-17-12-24(30)26(17)27(32)33)13-23(16-6-5-7-16)29-28(34)35-15-22-20-10-3-1-8-18(20)19-9-2-4-11-21(19)22/h1-4,8-11,16-17,22-24,26H,5-7,12-15H2,(H,29,34)(H,32,33). The lowest BCUT2D eigenvalue weighted by Gasteiger charge is -2.36. The number of carboxylic acid groups (broad SMARTS) is 1. The molecule has 182 valence electrons. The van der Waals surface area contributed by atoms with E-state index in [-0.39, 0.29) is 48.8 Å². The summed E-state index contributed by atoms with van der Waals surface area (Å²) < 4.78 is 5.72. The van der Waals surface area contributed by atoms with Crippen LogP contribution in [0, 0.1) is 17.8 Å². The van der Waals surface area contributed by atoms with Gasteiger partial charge in [-0.25, -0.2) is 4.79 Å². The number of nitrogens with one attached hydrogen (secondary N) is 1. The molecule has 0 aromatic heterocycles.